The number of aryl methyl sites for hydroxylation is 1. The van der Waals surface area contributed by atoms with Crippen LogP contribution in [0.1, 0.15) is 36.8 Å². The van der Waals surface area contributed by atoms with Crippen LogP contribution >= 0.6 is 0 Å². The van der Waals surface area contributed by atoms with Gasteiger partial charge in [0.05, 0.1) is 24.4 Å². The normalized spacial score (nSPS) is 18.9. The standard InChI is InChI=1S/C16H20N4O3/c1-11-9-18-15(10-17-11)19-16(22)20-6-2-4-12(20)8-13(21)14-5-3-7-23-14/h3,5,7,9-10,12-13,21H,2,4,6,8H2,1H3,(H,18,19,22). The first-order valence-electron chi connectivity index (χ1n) is 7.71. The summed E-state index contributed by atoms with van der Waals surface area (Å²) in [6.45, 7) is 2.51. The van der Waals surface area contributed by atoms with E-state index in [4.69, 9.17) is 4.42 Å². The molecule has 2 atom stereocenters. The highest BCUT2D eigenvalue weighted by Gasteiger charge is 2.31. The molecule has 2 unspecified atom stereocenters. The van der Waals surface area contributed by atoms with E-state index < -0.39 is 6.10 Å². The zero-order valence-electron chi connectivity index (χ0n) is 13.0. The van der Waals surface area contributed by atoms with Crippen molar-refractivity contribution < 1.29 is 14.3 Å². The Balaban J connectivity index is 1.61. The van der Waals surface area contributed by atoms with Crippen molar-refractivity contribution in [1.82, 2.24) is 14.9 Å². The first kappa shape index (κ1) is 15.5. The number of nitrogens with one attached hydrogen (secondary N) is 1. The summed E-state index contributed by atoms with van der Waals surface area (Å²) in [5, 5.41) is 13.0. The zero-order chi connectivity index (χ0) is 16.2. The lowest BCUT2D eigenvalue weighted by Crippen LogP contribution is -2.39. The molecule has 2 aromatic heterocycles. The number of hydrogen-bond acceptors (Lipinski definition) is 5. The third-order valence-corrected chi connectivity index (χ3v) is 4.02. The first-order valence-corrected chi connectivity index (χ1v) is 7.71. The summed E-state index contributed by atoms with van der Waals surface area (Å²) in [6, 6.07) is 3.26. The number of likely N-dealkylation sites (tertiary alicyclic amines) is 1. The van der Waals surface area contributed by atoms with Gasteiger partial charge in [-0.25, -0.2) is 9.78 Å². The first-order chi connectivity index (χ1) is 11.1. The molecule has 1 fully saturated rings. The average Bonchev–Trinajstić information content (AvgIpc) is 3.20. The minimum Gasteiger partial charge on any atom is -0.467 e. The quantitative estimate of drug-likeness (QED) is 0.904. The van der Waals surface area contributed by atoms with Crippen LogP contribution in [0.2, 0.25) is 0 Å². The molecule has 3 rings (SSSR count). The number of carbonyl (C=O) groups excluding carboxylic acids is 1. The molecule has 2 aromatic rings. The van der Waals surface area contributed by atoms with Gasteiger partial charge in [-0.2, -0.15) is 0 Å². The number of nitrogens with zero attached hydrogens (tertiary/aromatic N) is 3. The molecule has 0 aromatic carbocycles. The molecule has 1 saturated heterocycles. The van der Waals surface area contributed by atoms with Crippen LogP contribution < -0.4 is 5.32 Å². The van der Waals surface area contributed by atoms with Crippen molar-refractivity contribution in [3.05, 3.63) is 42.2 Å². The molecule has 1 aliphatic rings. The van der Waals surface area contributed by atoms with Crippen LogP contribution in [0.4, 0.5) is 10.6 Å². The van der Waals surface area contributed by atoms with Gasteiger partial charge >= 0.3 is 6.03 Å². The maximum atomic E-state index is 12.4. The number of aliphatic hydroxyl groups is 1. The Morgan fingerprint density at radius 2 is 2.39 bits per heavy atom. The van der Waals surface area contributed by atoms with Gasteiger partial charge in [-0.15, -0.1) is 0 Å². The van der Waals surface area contributed by atoms with Crippen LogP contribution in [0, 0.1) is 6.92 Å². The van der Waals surface area contributed by atoms with Crippen LogP contribution in [-0.4, -0.2) is 38.6 Å². The fourth-order valence-electron chi connectivity index (χ4n) is 2.84. The van der Waals surface area contributed by atoms with Crippen LogP contribution in [-0.2, 0) is 0 Å². The molecule has 0 bridgehead atoms. The molecule has 2 amide bonds. The summed E-state index contributed by atoms with van der Waals surface area (Å²) in [5.74, 6) is 0.958. The van der Waals surface area contributed by atoms with Crippen LogP contribution in [0.3, 0.4) is 0 Å². The van der Waals surface area contributed by atoms with E-state index in [9.17, 15) is 9.90 Å². The molecular weight excluding hydrogens is 296 g/mol. The van der Waals surface area contributed by atoms with Gasteiger partial charge in [-0.3, -0.25) is 10.3 Å². The van der Waals surface area contributed by atoms with E-state index in [1.165, 1.54) is 12.5 Å². The predicted octanol–water partition coefficient (Wildman–Crippen LogP) is 2.50. The molecule has 0 spiro atoms. The van der Waals surface area contributed by atoms with Crippen molar-refractivity contribution in [3.63, 3.8) is 0 Å². The number of rotatable bonds is 4. The lowest BCUT2D eigenvalue weighted by Gasteiger charge is -2.26. The minimum absolute atomic E-state index is 0.0199. The summed E-state index contributed by atoms with van der Waals surface area (Å²) in [7, 11) is 0. The smallest absolute Gasteiger partial charge is 0.323 e. The Morgan fingerprint density at radius 3 is 3.09 bits per heavy atom. The second-order valence-corrected chi connectivity index (χ2v) is 5.73. The molecule has 1 aliphatic heterocycles. The summed E-state index contributed by atoms with van der Waals surface area (Å²) in [6.07, 6.45) is 6.22. The number of carbonyl (C=O) groups is 1. The molecule has 7 nitrogen and oxygen atoms in total. The number of urea groups is 1. The van der Waals surface area contributed by atoms with Gasteiger partial charge in [0, 0.05) is 19.0 Å². The van der Waals surface area contributed by atoms with Gasteiger partial charge in [-0.05, 0) is 31.9 Å². The molecule has 7 heteroatoms. The van der Waals surface area contributed by atoms with E-state index >= 15 is 0 Å². The molecule has 122 valence electrons. The van der Waals surface area contributed by atoms with Crippen LogP contribution in [0.25, 0.3) is 0 Å². The van der Waals surface area contributed by atoms with E-state index in [0.29, 0.717) is 24.5 Å². The van der Waals surface area contributed by atoms with Crippen molar-refractivity contribution in [2.24, 2.45) is 0 Å². The summed E-state index contributed by atoms with van der Waals surface area (Å²) in [4.78, 5) is 22.4. The Labute approximate surface area is 134 Å². The van der Waals surface area contributed by atoms with Crippen molar-refractivity contribution >= 4 is 11.8 Å². The predicted molar refractivity (Wildman–Crippen MR) is 83.8 cm³/mol. The number of aliphatic hydroxyl groups excluding tert-OH is 1. The van der Waals surface area contributed by atoms with E-state index in [1.807, 2.05) is 6.92 Å². The van der Waals surface area contributed by atoms with Gasteiger partial charge in [0.25, 0.3) is 0 Å². The molecule has 3 heterocycles. The number of hydrogen-bond donors (Lipinski definition) is 2. The molecule has 0 saturated carbocycles. The Bertz CT molecular complexity index is 642. The largest absolute Gasteiger partial charge is 0.467 e. The van der Waals surface area contributed by atoms with Crippen molar-refractivity contribution in [1.29, 1.82) is 0 Å². The van der Waals surface area contributed by atoms with Crippen molar-refractivity contribution in [2.45, 2.75) is 38.3 Å². The Morgan fingerprint density at radius 1 is 1.52 bits per heavy atom. The second-order valence-electron chi connectivity index (χ2n) is 5.73. The highest BCUT2D eigenvalue weighted by molar-refractivity contribution is 5.88. The third-order valence-electron chi connectivity index (χ3n) is 4.02. The summed E-state index contributed by atoms with van der Waals surface area (Å²) in [5.41, 5.74) is 0.795. The molecule has 23 heavy (non-hydrogen) atoms. The van der Waals surface area contributed by atoms with Crippen molar-refractivity contribution in [2.75, 3.05) is 11.9 Å². The number of anilines is 1. The summed E-state index contributed by atoms with van der Waals surface area (Å²) < 4.78 is 5.22. The monoisotopic (exact) mass is 316 g/mol. The van der Waals surface area contributed by atoms with Crippen LogP contribution in [0.5, 0.6) is 0 Å². The van der Waals surface area contributed by atoms with Crippen LogP contribution in [0.15, 0.2) is 35.2 Å². The molecule has 0 aliphatic carbocycles. The highest BCUT2D eigenvalue weighted by atomic mass is 16.4. The summed E-state index contributed by atoms with van der Waals surface area (Å²) >= 11 is 0. The van der Waals surface area contributed by atoms with E-state index in [1.54, 1.807) is 23.2 Å². The van der Waals surface area contributed by atoms with Gasteiger partial charge in [0.2, 0.25) is 0 Å². The molecule has 2 N–H and O–H groups in total. The molecule has 0 radical (unpaired) electrons. The SMILES string of the molecule is Cc1cnc(NC(=O)N2CCCC2CC(O)c2ccco2)cn1. The van der Waals surface area contributed by atoms with Gasteiger partial charge in [0.15, 0.2) is 5.82 Å². The van der Waals surface area contributed by atoms with E-state index in [0.717, 1.165) is 18.5 Å². The lowest BCUT2D eigenvalue weighted by molar-refractivity contribution is 0.110. The van der Waals surface area contributed by atoms with Gasteiger partial charge in [-0.1, -0.05) is 0 Å². The lowest BCUT2D eigenvalue weighted by atomic mass is 10.1. The third kappa shape index (κ3) is 3.68. The highest BCUT2D eigenvalue weighted by Crippen LogP contribution is 2.28. The van der Waals surface area contributed by atoms with E-state index in [2.05, 4.69) is 15.3 Å². The van der Waals surface area contributed by atoms with Crippen molar-refractivity contribution in [3.8, 4) is 0 Å². The molecular formula is C16H20N4O3. The second kappa shape index (κ2) is 6.78. The maximum Gasteiger partial charge on any atom is 0.323 e. The average molecular weight is 316 g/mol. The van der Waals surface area contributed by atoms with E-state index in [-0.39, 0.29) is 12.1 Å². The fourth-order valence-corrected chi connectivity index (χ4v) is 2.84. The maximum absolute atomic E-state index is 12.4. The number of aromatic nitrogens is 2. The van der Waals surface area contributed by atoms with Gasteiger partial charge in [0.1, 0.15) is 11.9 Å². The Kier molecular flexibility index (Phi) is 4.57. The zero-order valence-corrected chi connectivity index (χ0v) is 13.0. The number of amides is 2. The minimum atomic E-state index is -0.706. The number of furan rings is 1. The van der Waals surface area contributed by atoms with Gasteiger partial charge < -0.3 is 14.4 Å². The fraction of sp³-hybridized carbons (Fsp3) is 0.438. The topological polar surface area (TPSA) is 91.5 Å². The Hall–Kier alpha value is -2.41.